The second-order valence-electron chi connectivity index (χ2n) is 5.05. The Hall–Kier alpha value is -0.790. The molecule has 2 aliphatic rings. The summed E-state index contributed by atoms with van der Waals surface area (Å²) in [5.41, 5.74) is -0.517. The van der Waals surface area contributed by atoms with E-state index in [-0.39, 0.29) is 12.0 Å². The van der Waals surface area contributed by atoms with Gasteiger partial charge in [-0.15, -0.1) is 0 Å². The second-order valence-corrected chi connectivity index (χ2v) is 5.05. The Morgan fingerprint density at radius 2 is 2.21 bits per heavy atom. The van der Waals surface area contributed by atoms with Gasteiger partial charge in [0.1, 0.15) is 18.4 Å². The number of rotatable bonds is 5. The predicted molar refractivity (Wildman–Crippen MR) is 63.9 cm³/mol. The van der Waals surface area contributed by atoms with E-state index in [1.54, 1.807) is 6.92 Å². The number of nitrogens with zero attached hydrogens (tertiary/aromatic N) is 1. The molecule has 7 heteroatoms. The zero-order valence-corrected chi connectivity index (χ0v) is 11.0. The molecule has 0 aromatic heterocycles. The summed E-state index contributed by atoms with van der Waals surface area (Å²) in [6, 6.07) is 0. The third-order valence-corrected chi connectivity index (χ3v) is 3.58. The van der Waals surface area contributed by atoms with E-state index in [2.05, 4.69) is 10.2 Å². The van der Waals surface area contributed by atoms with Crippen molar-refractivity contribution >= 4 is 5.91 Å². The molecule has 1 atom stereocenters. The Morgan fingerprint density at radius 3 is 2.74 bits per heavy atom. The van der Waals surface area contributed by atoms with E-state index < -0.39 is 18.8 Å². The maximum absolute atomic E-state index is 11.9. The highest BCUT2D eigenvalue weighted by Gasteiger charge is 2.44. The monoisotopic (exact) mass is 278 g/mol. The van der Waals surface area contributed by atoms with Gasteiger partial charge in [0.2, 0.25) is 0 Å². The highest BCUT2D eigenvalue weighted by Crippen LogP contribution is 2.29. The lowest BCUT2D eigenvalue weighted by Crippen LogP contribution is -2.52. The fourth-order valence-corrected chi connectivity index (χ4v) is 2.49. The fraction of sp³-hybridized carbons (Fsp3) is 0.917. The van der Waals surface area contributed by atoms with E-state index in [9.17, 15) is 13.6 Å². The number of amides is 1. The number of carbonyl (C=O) groups excluding carboxylic acids is 1. The number of likely N-dealkylation sites (tertiary alicyclic amines) is 1. The van der Waals surface area contributed by atoms with Crippen LogP contribution in [0.4, 0.5) is 8.78 Å². The molecule has 0 bridgehead atoms. The maximum atomic E-state index is 11.9. The number of piperidine rings is 1. The number of carbonyl (C=O) groups is 1. The Morgan fingerprint density at radius 1 is 1.53 bits per heavy atom. The number of nitrogens with one attached hydrogen (secondary N) is 1. The van der Waals surface area contributed by atoms with Crippen LogP contribution in [-0.4, -0.2) is 61.9 Å². The van der Waals surface area contributed by atoms with Crippen LogP contribution in [0.1, 0.15) is 19.8 Å². The molecule has 0 aromatic rings. The molecule has 110 valence electrons. The molecule has 2 saturated heterocycles. The predicted octanol–water partition coefficient (Wildman–Crippen LogP) is 0.595. The van der Waals surface area contributed by atoms with Crippen molar-refractivity contribution in [2.75, 3.05) is 32.8 Å². The average molecular weight is 278 g/mol. The quantitative estimate of drug-likeness (QED) is 0.748. The van der Waals surface area contributed by atoms with Crippen molar-refractivity contribution in [3.8, 4) is 0 Å². The molecule has 0 radical (unpaired) electrons. The first-order chi connectivity index (χ1) is 9.01. The van der Waals surface area contributed by atoms with Crippen LogP contribution >= 0.6 is 0 Å². The summed E-state index contributed by atoms with van der Waals surface area (Å²) in [6.07, 6.45) is -1.36. The van der Waals surface area contributed by atoms with E-state index in [0.29, 0.717) is 13.2 Å². The van der Waals surface area contributed by atoms with Gasteiger partial charge in [-0.1, -0.05) is 0 Å². The third-order valence-electron chi connectivity index (χ3n) is 3.58. The van der Waals surface area contributed by atoms with Gasteiger partial charge in [-0.25, -0.2) is 8.78 Å². The van der Waals surface area contributed by atoms with Crippen molar-refractivity contribution in [3.05, 3.63) is 0 Å². The summed E-state index contributed by atoms with van der Waals surface area (Å²) >= 11 is 0. The SMILES string of the molecule is C[C@@H]1OC2(CCN(CCOCC(F)F)CC2)NC1=O. The Labute approximate surface area is 111 Å². The van der Waals surface area contributed by atoms with Gasteiger partial charge < -0.3 is 19.7 Å². The van der Waals surface area contributed by atoms with Crippen LogP contribution in [0.5, 0.6) is 0 Å². The normalized spacial score (nSPS) is 27.2. The zero-order valence-electron chi connectivity index (χ0n) is 11.0. The molecule has 2 rings (SSSR count). The summed E-state index contributed by atoms with van der Waals surface area (Å²) in [5, 5.41) is 2.90. The van der Waals surface area contributed by atoms with Crippen molar-refractivity contribution in [1.82, 2.24) is 10.2 Å². The molecular weight excluding hydrogens is 258 g/mol. The summed E-state index contributed by atoms with van der Waals surface area (Å²) < 4.78 is 34.3. The molecule has 5 nitrogen and oxygen atoms in total. The van der Waals surface area contributed by atoms with Crippen molar-refractivity contribution in [1.29, 1.82) is 0 Å². The first-order valence-corrected chi connectivity index (χ1v) is 6.59. The van der Waals surface area contributed by atoms with Crippen molar-refractivity contribution < 1.29 is 23.0 Å². The van der Waals surface area contributed by atoms with Crippen LogP contribution in [0.25, 0.3) is 0 Å². The molecule has 1 spiro atoms. The largest absolute Gasteiger partial charge is 0.374 e. The van der Waals surface area contributed by atoms with Crippen LogP contribution in [0.15, 0.2) is 0 Å². The van der Waals surface area contributed by atoms with Gasteiger partial charge >= 0.3 is 0 Å². The molecule has 2 heterocycles. The first kappa shape index (κ1) is 14.6. The molecule has 1 N–H and O–H groups in total. The van der Waals surface area contributed by atoms with E-state index in [0.717, 1.165) is 25.9 Å². The van der Waals surface area contributed by atoms with Crippen molar-refractivity contribution in [2.45, 2.75) is 38.0 Å². The molecule has 0 unspecified atom stereocenters. The van der Waals surface area contributed by atoms with Gasteiger partial charge in [0, 0.05) is 32.5 Å². The summed E-state index contributed by atoms with van der Waals surface area (Å²) in [6.45, 7) is 3.71. The van der Waals surface area contributed by atoms with Gasteiger partial charge in [0.25, 0.3) is 12.3 Å². The van der Waals surface area contributed by atoms with Crippen LogP contribution in [0.2, 0.25) is 0 Å². The van der Waals surface area contributed by atoms with Crippen LogP contribution < -0.4 is 5.32 Å². The molecule has 1 amide bonds. The lowest BCUT2D eigenvalue weighted by Gasteiger charge is -2.38. The van der Waals surface area contributed by atoms with Gasteiger partial charge in [-0.2, -0.15) is 0 Å². The Balaban J connectivity index is 1.67. The van der Waals surface area contributed by atoms with E-state index >= 15 is 0 Å². The second kappa shape index (κ2) is 6.11. The first-order valence-electron chi connectivity index (χ1n) is 6.59. The lowest BCUT2D eigenvalue weighted by atomic mass is 10.0. The summed E-state index contributed by atoms with van der Waals surface area (Å²) in [5.74, 6) is -0.0614. The summed E-state index contributed by atoms with van der Waals surface area (Å²) in [7, 11) is 0. The van der Waals surface area contributed by atoms with E-state index in [1.165, 1.54) is 0 Å². The van der Waals surface area contributed by atoms with Crippen molar-refractivity contribution in [2.24, 2.45) is 0 Å². The molecule has 19 heavy (non-hydrogen) atoms. The average Bonchev–Trinajstić information content (AvgIpc) is 2.62. The van der Waals surface area contributed by atoms with Gasteiger partial charge in [-0.05, 0) is 6.92 Å². The third kappa shape index (κ3) is 3.84. The van der Waals surface area contributed by atoms with Gasteiger partial charge in [-0.3, -0.25) is 4.79 Å². The number of hydrogen-bond acceptors (Lipinski definition) is 4. The zero-order chi connectivity index (χ0) is 13.9. The number of halogens is 2. The Kier molecular flexibility index (Phi) is 4.70. The fourth-order valence-electron chi connectivity index (χ4n) is 2.49. The minimum absolute atomic E-state index is 0.0614. The number of alkyl halides is 2. The summed E-state index contributed by atoms with van der Waals surface area (Å²) in [4.78, 5) is 13.6. The molecule has 0 aliphatic carbocycles. The van der Waals surface area contributed by atoms with Crippen LogP contribution in [-0.2, 0) is 14.3 Å². The van der Waals surface area contributed by atoms with E-state index in [4.69, 9.17) is 9.47 Å². The molecule has 0 aromatic carbocycles. The Bertz CT molecular complexity index is 320. The minimum atomic E-state index is -2.41. The number of ether oxygens (including phenoxy) is 2. The topological polar surface area (TPSA) is 50.8 Å². The van der Waals surface area contributed by atoms with Crippen LogP contribution in [0, 0.1) is 0 Å². The highest BCUT2D eigenvalue weighted by molar-refractivity contribution is 5.82. The highest BCUT2D eigenvalue weighted by atomic mass is 19.3. The van der Waals surface area contributed by atoms with E-state index in [1.807, 2.05) is 0 Å². The maximum Gasteiger partial charge on any atom is 0.261 e. The van der Waals surface area contributed by atoms with Gasteiger partial charge in [0.15, 0.2) is 0 Å². The molecular formula is C12H20F2N2O3. The number of hydrogen-bond donors (Lipinski definition) is 1. The van der Waals surface area contributed by atoms with Crippen LogP contribution in [0.3, 0.4) is 0 Å². The molecule has 0 saturated carbocycles. The standard InChI is InChI=1S/C12H20F2N2O3/c1-9-11(17)15-12(19-9)2-4-16(5-3-12)6-7-18-8-10(13)14/h9-10H,2-8H2,1H3,(H,15,17)/t9-/m0/s1. The molecule has 2 aliphatic heterocycles. The smallest absolute Gasteiger partial charge is 0.261 e. The molecule has 2 fully saturated rings. The van der Waals surface area contributed by atoms with Crippen molar-refractivity contribution in [3.63, 3.8) is 0 Å². The lowest BCUT2D eigenvalue weighted by molar-refractivity contribution is -0.123. The minimum Gasteiger partial charge on any atom is -0.374 e. The van der Waals surface area contributed by atoms with Gasteiger partial charge in [0.05, 0.1) is 6.61 Å².